The minimum atomic E-state index is -6.00. The Morgan fingerprint density at radius 2 is 1.00 bits per heavy atom. The van der Waals surface area contributed by atoms with Crippen molar-refractivity contribution in [1.29, 1.82) is 0 Å². The van der Waals surface area contributed by atoms with Gasteiger partial charge >= 0.3 is 7.25 Å². The van der Waals surface area contributed by atoms with Gasteiger partial charge in [-0.1, -0.05) is 0 Å². The van der Waals surface area contributed by atoms with Crippen molar-refractivity contribution in [2.45, 2.75) is 0 Å². The lowest BCUT2D eigenvalue weighted by atomic mass is 10.3. The summed E-state index contributed by atoms with van der Waals surface area (Å²) in [6.45, 7) is 0. The van der Waals surface area contributed by atoms with Crippen LogP contribution >= 0.6 is 0 Å². The fourth-order valence-electron chi connectivity index (χ4n) is 0. The molecule has 0 aliphatic carbocycles. The number of hydrogen-bond acceptors (Lipinski definition) is 1. The lowest BCUT2D eigenvalue weighted by Gasteiger charge is -1.94. The van der Waals surface area contributed by atoms with Crippen molar-refractivity contribution in [3.05, 3.63) is 4.91 Å². The minimum absolute atomic E-state index is 3.25. The van der Waals surface area contributed by atoms with E-state index in [9.17, 15) is 17.3 Å². The molecule has 0 saturated carbocycles. The van der Waals surface area contributed by atoms with Gasteiger partial charge in [0, 0.05) is 4.91 Å². The fourth-order valence-corrected chi connectivity index (χ4v) is 0. The smallest absolute Gasteiger partial charge is 0.418 e. The number of halogens is 4. The molecule has 44 valence electrons. The van der Waals surface area contributed by atoms with Crippen molar-refractivity contribution in [1.82, 2.24) is 0 Å². The van der Waals surface area contributed by atoms with Gasteiger partial charge in [0.1, 0.15) is 0 Å². The van der Waals surface area contributed by atoms with Crippen molar-refractivity contribution in [3.63, 3.8) is 0 Å². The van der Waals surface area contributed by atoms with E-state index in [1.165, 1.54) is 0 Å². The molecule has 2 nitrogen and oxygen atoms in total. The molecule has 0 radical (unpaired) electrons. The molecule has 0 aliphatic rings. The predicted octanol–water partition coefficient (Wildman–Crippen LogP) is -0.188. The zero-order valence-electron chi connectivity index (χ0n) is 3.07. The molecule has 0 saturated heterocycles. The molecule has 0 rings (SSSR count). The highest BCUT2D eigenvalue weighted by Gasteiger charge is 2.20. The molecule has 0 aromatic heterocycles. The summed E-state index contributed by atoms with van der Waals surface area (Å²) in [4.78, 5) is 7.75. The quantitative estimate of drug-likeness (QED) is 0.348. The van der Waals surface area contributed by atoms with Gasteiger partial charge in [0.25, 0.3) is 0 Å². The van der Waals surface area contributed by atoms with Gasteiger partial charge in [-0.05, 0) is 5.59 Å². The van der Waals surface area contributed by atoms with E-state index in [-0.39, 0.29) is 0 Å². The summed E-state index contributed by atoms with van der Waals surface area (Å²) in [5.74, 6) is 0. The van der Waals surface area contributed by atoms with Gasteiger partial charge in [-0.15, -0.1) is 0 Å². The standard InChI is InChI=1S/BF4.H2NO/c2-1(3,4)5;1-2/h;1H2/q-1;+1. The maximum Gasteiger partial charge on any atom is 0.673 e. The van der Waals surface area contributed by atoms with Crippen molar-refractivity contribution in [2.24, 2.45) is 0 Å². The Bertz CT molecular complexity index is 35.4. The van der Waals surface area contributed by atoms with Gasteiger partial charge in [-0.2, -0.15) is 0 Å². The second kappa shape index (κ2) is 3.57. The van der Waals surface area contributed by atoms with Gasteiger partial charge < -0.3 is 17.3 Å². The number of nitrogens with two attached hydrogens (primary N) is 1. The highest BCUT2D eigenvalue weighted by molar-refractivity contribution is 6.50. The maximum absolute atomic E-state index is 9.75. The molecular formula is H2BF4NO. The van der Waals surface area contributed by atoms with E-state index >= 15 is 0 Å². The molecule has 0 bridgehead atoms. The Labute approximate surface area is 36.4 Å². The van der Waals surface area contributed by atoms with Crippen molar-refractivity contribution < 1.29 is 22.9 Å². The Hall–Kier alpha value is -0.615. The molecular weight excluding hydrogens is 117 g/mol. The summed E-state index contributed by atoms with van der Waals surface area (Å²) in [5, 5.41) is 0. The first-order valence-corrected chi connectivity index (χ1v) is 1.11. The molecule has 0 aromatic carbocycles. The Morgan fingerprint density at radius 1 is 1.00 bits per heavy atom. The summed E-state index contributed by atoms with van der Waals surface area (Å²) in [6.07, 6.45) is 0. The van der Waals surface area contributed by atoms with E-state index in [2.05, 4.69) is 5.59 Å². The van der Waals surface area contributed by atoms with E-state index in [4.69, 9.17) is 4.91 Å². The SMILES string of the molecule is F[B-](F)(F)F.[NH2+]=O. The molecule has 2 N–H and O–H groups in total. The molecule has 0 fully saturated rings. The highest BCUT2D eigenvalue weighted by Crippen LogP contribution is 2.06. The average Bonchev–Trinajstić information content (AvgIpc) is 1.36. The molecule has 0 aliphatic heterocycles. The topological polar surface area (TPSA) is 42.7 Å². The van der Waals surface area contributed by atoms with Crippen LogP contribution in [-0.2, 0) is 0 Å². The van der Waals surface area contributed by atoms with E-state index in [1.54, 1.807) is 0 Å². The Morgan fingerprint density at radius 3 is 1.00 bits per heavy atom. The van der Waals surface area contributed by atoms with E-state index in [0.717, 1.165) is 0 Å². The lowest BCUT2D eigenvalue weighted by molar-refractivity contribution is -0.142. The van der Waals surface area contributed by atoms with Crippen LogP contribution in [0.1, 0.15) is 0 Å². The Balaban J connectivity index is 0. The first-order valence-electron chi connectivity index (χ1n) is 1.11. The van der Waals surface area contributed by atoms with Gasteiger partial charge in [0.05, 0.1) is 0 Å². The molecule has 7 heteroatoms. The summed E-state index contributed by atoms with van der Waals surface area (Å²) >= 11 is 0. The average molecular weight is 119 g/mol. The van der Waals surface area contributed by atoms with Crippen molar-refractivity contribution in [3.8, 4) is 0 Å². The second-order valence-corrected chi connectivity index (χ2v) is 0.495. The second-order valence-electron chi connectivity index (χ2n) is 0.495. The van der Waals surface area contributed by atoms with Crippen LogP contribution in [0.3, 0.4) is 0 Å². The molecule has 0 spiro atoms. The fraction of sp³-hybridized carbons (Fsp3) is 0. The van der Waals surface area contributed by atoms with Crippen molar-refractivity contribution in [2.75, 3.05) is 0 Å². The van der Waals surface area contributed by atoms with Crippen LogP contribution in [0.4, 0.5) is 17.3 Å². The predicted molar refractivity (Wildman–Crippen MR) is 15.5 cm³/mol. The van der Waals surface area contributed by atoms with Crippen LogP contribution < -0.4 is 5.59 Å². The third-order valence-corrected chi connectivity index (χ3v) is 0. The number of rotatable bonds is 0. The van der Waals surface area contributed by atoms with Crippen molar-refractivity contribution >= 4 is 7.25 Å². The van der Waals surface area contributed by atoms with Gasteiger partial charge in [-0.3, -0.25) is 0 Å². The molecule has 0 heterocycles. The third-order valence-electron chi connectivity index (χ3n) is 0. The lowest BCUT2D eigenvalue weighted by Crippen LogP contribution is -2.18. The largest absolute Gasteiger partial charge is 0.673 e. The molecule has 0 amide bonds. The first-order chi connectivity index (χ1) is 3.00. The van der Waals surface area contributed by atoms with Gasteiger partial charge in [0.2, 0.25) is 0 Å². The monoisotopic (exact) mass is 119 g/mol. The summed E-state index contributed by atoms with van der Waals surface area (Å²) in [7, 11) is -6.00. The molecule has 0 aromatic rings. The zero-order chi connectivity index (χ0) is 6.50. The van der Waals surface area contributed by atoms with Crippen LogP contribution in [-0.4, -0.2) is 7.25 Å². The maximum atomic E-state index is 9.75. The third kappa shape index (κ3) is 163. The molecule has 0 atom stereocenters. The number of nitroso groups, excluding NO2 is 1. The molecule has 7 heavy (non-hydrogen) atoms. The van der Waals surface area contributed by atoms with Crippen LogP contribution in [0.2, 0.25) is 0 Å². The van der Waals surface area contributed by atoms with Crippen LogP contribution in [0.5, 0.6) is 0 Å². The summed E-state index contributed by atoms with van der Waals surface area (Å²) in [5.41, 5.74) is 3.25. The van der Waals surface area contributed by atoms with Gasteiger partial charge in [-0.25, -0.2) is 0 Å². The normalized spacial score (nSPS) is 9.14. The van der Waals surface area contributed by atoms with E-state index in [1.807, 2.05) is 0 Å². The van der Waals surface area contributed by atoms with E-state index in [0.29, 0.717) is 0 Å². The summed E-state index contributed by atoms with van der Waals surface area (Å²) in [6, 6.07) is 0. The van der Waals surface area contributed by atoms with Crippen LogP contribution in [0.25, 0.3) is 0 Å². The zero-order valence-corrected chi connectivity index (χ0v) is 3.07. The summed E-state index contributed by atoms with van der Waals surface area (Å²) < 4.78 is 39.0. The highest BCUT2D eigenvalue weighted by atomic mass is 19.5. The van der Waals surface area contributed by atoms with Crippen LogP contribution in [0.15, 0.2) is 0 Å². The van der Waals surface area contributed by atoms with Gasteiger partial charge in [0.15, 0.2) is 0 Å². The molecule has 0 unspecified atom stereocenters. The first kappa shape index (κ1) is 9.63. The number of hydrogen-bond donors (Lipinski definition) is 1. The van der Waals surface area contributed by atoms with Crippen LogP contribution in [0, 0.1) is 4.91 Å². The van der Waals surface area contributed by atoms with E-state index < -0.39 is 7.25 Å². The minimum Gasteiger partial charge on any atom is -0.418 e. The Kier molecular flexibility index (Phi) is 4.91.